The summed E-state index contributed by atoms with van der Waals surface area (Å²) in [5.41, 5.74) is 3.12. The number of aryl methyl sites for hydroxylation is 1. The van der Waals surface area contributed by atoms with E-state index in [4.69, 9.17) is 4.98 Å². The zero-order valence-electron chi connectivity index (χ0n) is 20.4. The Morgan fingerprint density at radius 1 is 1.17 bits per heavy atom. The van der Waals surface area contributed by atoms with Gasteiger partial charge in [-0.05, 0) is 37.6 Å². The van der Waals surface area contributed by atoms with E-state index in [-0.39, 0.29) is 18.9 Å². The van der Waals surface area contributed by atoms with E-state index >= 15 is 0 Å². The fourth-order valence-electron chi connectivity index (χ4n) is 4.80. The lowest BCUT2D eigenvalue weighted by Crippen LogP contribution is -2.51. The van der Waals surface area contributed by atoms with Crippen LogP contribution in [0.3, 0.4) is 0 Å². The van der Waals surface area contributed by atoms with Gasteiger partial charge in [0, 0.05) is 57.7 Å². The van der Waals surface area contributed by atoms with E-state index in [0.717, 1.165) is 25.6 Å². The Balaban J connectivity index is 1.40. The molecule has 1 saturated carbocycles. The third kappa shape index (κ3) is 4.15. The highest BCUT2D eigenvalue weighted by atomic mass is 32.2. The molecule has 2 fully saturated rings. The molecule has 194 valence electrons. The van der Waals surface area contributed by atoms with Crippen molar-refractivity contribution in [2.24, 2.45) is 5.92 Å². The summed E-state index contributed by atoms with van der Waals surface area (Å²) in [7, 11) is -2.50. The number of nitrogens with zero attached hydrogens (tertiary/aromatic N) is 5. The predicted molar refractivity (Wildman–Crippen MR) is 133 cm³/mol. The van der Waals surface area contributed by atoms with E-state index in [2.05, 4.69) is 4.90 Å². The van der Waals surface area contributed by atoms with Crippen molar-refractivity contribution in [3.05, 3.63) is 35.9 Å². The Kier molecular flexibility index (Phi) is 5.86. The molecule has 3 heterocycles. The fourth-order valence-corrected chi connectivity index (χ4v) is 6.26. The second-order valence-electron chi connectivity index (χ2n) is 9.70. The number of halogens is 2. The number of rotatable bonds is 5. The molecule has 1 aromatic heterocycles. The first kappa shape index (κ1) is 24.7. The molecule has 9 nitrogen and oxygen atoms in total. The number of alkyl halides is 2. The zero-order chi connectivity index (χ0) is 26.0. The third-order valence-corrected chi connectivity index (χ3v) is 8.97. The van der Waals surface area contributed by atoms with Gasteiger partial charge < -0.3 is 14.9 Å². The van der Waals surface area contributed by atoms with Gasteiger partial charge in [0.1, 0.15) is 11.9 Å². The van der Waals surface area contributed by atoms with Crippen molar-refractivity contribution in [1.82, 2.24) is 9.88 Å². The summed E-state index contributed by atoms with van der Waals surface area (Å²) in [6.07, 6.45) is -1.33. The maximum Gasteiger partial charge on any atom is 0.326 e. The molecule has 5 rings (SSSR count). The van der Waals surface area contributed by atoms with Crippen LogP contribution >= 0.6 is 0 Å². The summed E-state index contributed by atoms with van der Waals surface area (Å²) in [5.74, 6) is -3.33. The Bertz CT molecular complexity index is 1310. The minimum Gasteiger partial charge on any atom is -0.384 e. The van der Waals surface area contributed by atoms with Crippen molar-refractivity contribution in [1.29, 1.82) is 0 Å². The van der Waals surface area contributed by atoms with Crippen molar-refractivity contribution in [2.75, 3.05) is 53.3 Å². The number of carbonyl (C=O) groups is 1. The Hall–Kier alpha value is -2.99. The van der Waals surface area contributed by atoms with Gasteiger partial charge in [-0.2, -0.15) is 8.42 Å². The van der Waals surface area contributed by atoms with Crippen LogP contribution in [0.5, 0.6) is 0 Å². The van der Waals surface area contributed by atoms with E-state index in [1.54, 1.807) is 23.1 Å². The maximum absolute atomic E-state index is 13.5. The minimum atomic E-state index is -3.93. The van der Waals surface area contributed by atoms with Gasteiger partial charge in [0.05, 0.1) is 17.1 Å². The number of hydrogen-bond acceptors (Lipinski definition) is 6. The summed E-state index contributed by atoms with van der Waals surface area (Å²) < 4.78 is 55.1. The summed E-state index contributed by atoms with van der Waals surface area (Å²) in [6.45, 7) is 5.23. The molecule has 0 radical (unpaired) electrons. The minimum absolute atomic E-state index is 0.248. The van der Waals surface area contributed by atoms with Gasteiger partial charge in [-0.15, -0.1) is 0 Å². The molecule has 1 amide bonds. The zero-order valence-corrected chi connectivity index (χ0v) is 21.2. The highest BCUT2D eigenvalue weighted by Crippen LogP contribution is 2.51. The van der Waals surface area contributed by atoms with Crippen molar-refractivity contribution < 1.29 is 27.1 Å². The van der Waals surface area contributed by atoms with Gasteiger partial charge in [-0.1, -0.05) is 12.1 Å². The van der Waals surface area contributed by atoms with Crippen molar-refractivity contribution >= 4 is 33.3 Å². The van der Waals surface area contributed by atoms with Gasteiger partial charge in [-0.3, -0.25) is 13.4 Å². The van der Waals surface area contributed by atoms with Crippen LogP contribution in [0.2, 0.25) is 0 Å². The molecule has 1 saturated heterocycles. The van der Waals surface area contributed by atoms with E-state index in [9.17, 15) is 27.1 Å². The summed E-state index contributed by atoms with van der Waals surface area (Å²) in [6, 6.07) is 9.01. The number of fused-ring (bicyclic) bond motifs is 1. The fraction of sp³-hybridized carbons (Fsp3) is 0.500. The Labute approximate surface area is 209 Å². The van der Waals surface area contributed by atoms with E-state index in [1.165, 1.54) is 14.0 Å². The average molecular weight is 522 g/mol. The molecule has 1 unspecified atom stereocenters. The largest absolute Gasteiger partial charge is 0.384 e. The van der Waals surface area contributed by atoms with Gasteiger partial charge in [0.2, 0.25) is 0 Å². The number of aliphatic hydroxyl groups is 1. The predicted octanol–water partition coefficient (Wildman–Crippen LogP) is 2.24. The van der Waals surface area contributed by atoms with Gasteiger partial charge >= 0.3 is 10.2 Å². The van der Waals surface area contributed by atoms with Gasteiger partial charge in [0.15, 0.2) is 0 Å². The molecule has 0 bridgehead atoms. The van der Waals surface area contributed by atoms with Gasteiger partial charge in [-0.25, -0.2) is 13.8 Å². The summed E-state index contributed by atoms with van der Waals surface area (Å²) >= 11 is 0. The second kappa shape index (κ2) is 8.55. The molecule has 36 heavy (non-hydrogen) atoms. The van der Waals surface area contributed by atoms with Crippen molar-refractivity contribution in [3.8, 4) is 11.3 Å². The van der Waals surface area contributed by atoms with E-state index in [0.29, 0.717) is 43.2 Å². The molecule has 3 aliphatic rings. The number of aliphatic hydroxyl groups excluding tert-OH is 1. The molecule has 2 aliphatic heterocycles. The van der Waals surface area contributed by atoms with Crippen LogP contribution in [0.25, 0.3) is 11.3 Å². The first-order valence-corrected chi connectivity index (χ1v) is 13.3. The maximum atomic E-state index is 13.5. The van der Waals surface area contributed by atoms with E-state index < -0.39 is 28.2 Å². The smallest absolute Gasteiger partial charge is 0.326 e. The molecule has 1 aliphatic carbocycles. The number of benzene rings is 1. The normalized spacial score (nSPS) is 23.0. The highest BCUT2D eigenvalue weighted by molar-refractivity contribution is 7.94. The number of pyridine rings is 1. The van der Waals surface area contributed by atoms with Crippen LogP contribution in [0.1, 0.15) is 18.9 Å². The lowest BCUT2D eigenvalue weighted by Gasteiger charge is -2.36. The first-order chi connectivity index (χ1) is 16.9. The Morgan fingerprint density at radius 3 is 2.44 bits per heavy atom. The number of aromatic nitrogens is 1. The molecular formula is C24H29F2N5O4S. The molecule has 1 N–H and O–H groups in total. The molecule has 2 aromatic rings. The molecule has 0 spiro atoms. The quantitative estimate of drug-likeness (QED) is 0.648. The lowest BCUT2D eigenvalue weighted by molar-refractivity contribution is -0.139. The topological polar surface area (TPSA) is 97.3 Å². The lowest BCUT2D eigenvalue weighted by atomic mass is 10.0. The van der Waals surface area contributed by atoms with Crippen LogP contribution in [-0.4, -0.2) is 81.1 Å². The summed E-state index contributed by atoms with van der Waals surface area (Å²) in [4.78, 5) is 20.6. The Morgan fingerprint density at radius 2 is 1.83 bits per heavy atom. The van der Waals surface area contributed by atoms with Crippen LogP contribution in [0.15, 0.2) is 30.3 Å². The third-order valence-electron chi connectivity index (χ3n) is 7.18. The van der Waals surface area contributed by atoms with Gasteiger partial charge in [0.25, 0.3) is 11.8 Å². The van der Waals surface area contributed by atoms with E-state index in [1.807, 2.05) is 19.1 Å². The first-order valence-electron chi connectivity index (χ1n) is 11.9. The second-order valence-corrected chi connectivity index (χ2v) is 11.6. The van der Waals surface area contributed by atoms with Crippen molar-refractivity contribution in [2.45, 2.75) is 32.3 Å². The number of piperazine rings is 1. The number of amides is 1. The highest BCUT2D eigenvalue weighted by Gasteiger charge is 2.59. The number of anilines is 3. The average Bonchev–Trinajstić information content (AvgIpc) is 3.41. The molecule has 2 atom stereocenters. The standard InChI is InChI=1S/C24H29F2N5O4S/c1-15-4-7-21(29-8-10-30(11-9-29)23(33)16(2)32)27-22(15)17-5-6-19-20(12-17)28(3)36(34,35)31(19)14-18-13-24(18,25)26/h4-7,12,16,18,32H,8-11,13-14H2,1-3H3/t16-,18?/m0/s1. The monoisotopic (exact) mass is 521 g/mol. The number of carbonyl (C=O) groups excluding carboxylic acids is 1. The summed E-state index contributed by atoms with van der Waals surface area (Å²) in [5, 5.41) is 9.56. The van der Waals surface area contributed by atoms with Crippen LogP contribution in [0.4, 0.5) is 26.0 Å². The van der Waals surface area contributed by atoms with Crippen LogP contribution in [0, 0.1) is 12.8 Å². The van der Waals surface area contributed by atoms with Crippen LogP contribution in [-0.2, 0) is 15.0 Å². The van der Waals surface area contributed by atoms with Crippen LogP contribution < -0.4 is 13.5 Å². The molecule has 1 aromatic carbocycles. The van der Waals surface area contributed by atoms with Crippen molar-refractivity contribution in [3.63, 3.8) is 0 Å². The molecule has 12 heteroatoms. The number of hydrogen-bond donors (Lipinski definition) is 1. The molecular weight excluding hydrogens is 492 g/mol. The SMILES string of the molecule is Cc1ccc(N2CCN(C(=O)[C@H](C)O)CC2)nc1-c1ccc2c(c1)N(C)S(=O)(=O)N2CC1CC1(F)F.